The topological polar surface area (TPSA) is 93.9 Å². The van der Waals surface area contributed by atoms with E-state index in [0.717, 1.165) is 0 Å². The van der Waals surface area contributed by atoms with Crippen LogP contribution in [0.5, 0.6) is 11.5 Å². The van der Waals surface area contributed by atoms with E-state index in [9.17, 15) is 15.2 Å². The van der Waals surface area contributed by atoms with Crippen molar-refractivity contribution in [3.8, 4) is 11.5 Å². The summed E-state index contributed by atoms with van der Waals surface area (Å²) in [6, 6.07) is 2.78. The van der Waals surface area contributed by atoms with Crippen molar-refractivity contribution in [2.24, 2.45) is 0 Å². The number of halogens is 1. The highest BCUT2D eigenvalue weighted by molar-refractivity contribution is 5.85. The number of nitro benzene ring substituents is 1. The highest BCUT2D eigenvalue weighted by atomic mass is 35.5. The van der Waals surface area contributed by atoms with E-state index >= 15 is 0 Å². The van der Waals surface area contributed by atoms with Gasteiger partial charge in [0.2, 0.25) is 5.75 Å². The van der Waals surface area contributed by atoms with E-state index in [1.54, 1.807) is 6.07 Å². The first-order chi connectivity index (χ1) is 8.63. The van der Waals surface area contributed by atoms with Gasteiger partial charge in [0, 0.05) is 12.6 Å². The second-order valence-corrected chi connectivity index (χ2v) is 3.93. The summed E-state index contributed by atoms with van der Waals surface area (Å²) >= 11 is 0. The molecule has 1 heterocycles. The number of ether oxygens (including phenoxy) is 2. The number of phenolic OH excluding ortho intramolecular Hbond substituents is 1. The Morgan fingerprint density at radius 2 is 2.32 bits per heavy atom. The van der Waals surface area contributed by atoms with Gasteiger partial charge in [-0.2, -0.15) is 0 Å². The Morgan fingerprint density at radius 1 is 1.58 bits per heavy atom. The first-order valence-electron chi connectivity index (χ1n) is 5.50. The van der Waals surface area contributed by atoms with Crippen LogP contribution in [-0.4, -0.2) is 36.9 Å². The average Bonchev–Trinajstić information content (AvgIpc) is 2.39. The number of methoxy groups -OCH3 is 1. The quantitative estimate of drug-likeness (QED) is 0.645. The number of nitro groups is 1. The largest absolute Gasteiger partial charge is 0.500 e. The first-order valence-corrected chi connectivity index (χ1v) is 5.50. The summed E-state index contributed by atoms with van der Waals surface area (Å²) in [5.74, 6) is -0.366. The highest BCUT2D eigenvalue weighted by Crippen LogP contribution is 2.38. The molecule has 19 heavy (non-hydrogen) atoms. The van der Waals surface area contributed by atoms with E-state index in [1.165, 1.54) is 13.2 Å². The minimum Gasteiger partial charge on any atom is -0.500 e. The Balaban J connectivity index is 0.00000180. The molecule has 1 fully saturated rings. The number of aromatic hydroxyl groups is 1. The minimum absolute atomic E-state index is 0. The van der Waals surface area contributed by atoms with Crippen molar-refractivity contribution in [2.45, 2.75) is 6.04 Å². The molecule has 0 amide bonds. The van der Waals surface area contributed by atoms with E-state index in [4.69, 9.17) is 9.47 Å². The number of nitrogens with zero attached hydrogens (tertiary/aromatic N) is 1. The minimum atomic E-state index is -0.634. The number of hydrogen-bond acceptors (Lipinski definition) is 6. The van der Waals surface area contributed by atoms with Gasteiger partial charge in [0.1, 0.15) is 0 Å². The predicted molar refractivity (Wildman–Crippen MR) is 70.1 cm³/mol. The second-order valence-electron chi connectivity index (χ2n) is 3.93. The lowest BCUT2D eigenvalue weighted by Crippen LogP contribution is -2.34. The Bertz CT molecular complexity index is 463. The van der Waals surface area contributed by atoms with Crippen LogP contribution in [0.4, 0.5) is 5.69 Å². The summed E-state index contributed by atoms with van der Waals surface area (Å²) in [5, 5.41) is 23.7. The number of benzene rings is 1. The van der Waals surface area contributed by atoms with Gasteiger partial charge in [0.05, 0.1) is 31.3 Å². The van der Waals surface area contributed by atoms with Crippen molar-refractivity contribution >= 4 is 18.1 Å². The number of phenols is 1. The third kappa shape index (κ3) is 3.25. The van der Waals surface area contributed by atoms with Gasteiger partial charge in [-0.1, -0.05) is 0 Å². The molecule has 1 aromatic rings. The van der Waals surface area contributed by atoms with Gasteiger partial charge in [-0.15, -0.1) is 12.4 Å². The fraction of sp³-hybridized carbons (Fsp3) is 0.455. The standard InChI is InChI=1S/C11H14N2O5.ClH/c1-17-10-5-7(8-6-18-3-2-12-8)4-9(11(10)14)13(15)16;/h4-5,8,12,14H,2-3,6H2,1H3;1H/t8-;/m1./s1. The normalized spacial score (nSPS) is 18.5. The summed E-state index contributed by atoms with van der Waals surface area (Å²) in [6.45, 7) is 1.74. The van der Waals surface area contributed by atoms with Crippen LogP contribution in [0.15, 0.2) is 12.1 Å². The molecule has 1 saturated heterocycles. The van der Waals surface area contributed by atoms with Crippen LogP contribution >= 0.6 is 12.4 Å². The number of morpholine rings is 1. The van der Waals surface area contributed by atoms with Gasteiger partial charge in [-0.05, 0) is 11.6 Å². The molecule has 0 spiro atoms. The van der Waals surface area contributed by atoms with Crippen LogP contribution < -0.4 is 10.1 Å². The molecular formula is C11H15ClN2O5. The van der Waals surface area contributed by atoms with Gasteiger partial charge in [-0.25, -0.2) is 0 Å². The molecule has 0 aliphatic carbocycles. The fourth-order valence-corrected chi connectivity index (χ4v) is 1.89. The molecule has 0 saturated carbocycles. The number of hydrogen-bond donors (Lipinski definition) is 2. The van der Waals surface area contributed by atoms with Crippen LogP contribution in [0.2, 0.25) is 0 Å². The Labute approximate surface area is 116 Å². The summed E-state index contributed by atoms with van der Waals surface area (Å²) in [6.07, 6.45) is 0. The summed E-state index contributed by atoms with van der Waals surface area (Å²) in [5.41, 5.74) is 0.299. The van der Waals surface area contributed by atoms with Crippen molar-refractivity contribution in [3.05, 3.63) is 27.8 Å². The zero-order valence-corrected chi connectivity index (χ0v) is 11.1. The van der Waals surface area contributed by atoms with Crippen LogP contribution in [0.1, 0.15) is 11.6 Å². The molecule has 7 nitrogen and oxygen atoms in total. The summed E-state index contributed by atoms with van der Waals surface area (Å²) < 4.78 is 10.2. The number of rotatable bonds is 3. The van der Waals surface area contributed by atoms with Crippen molar-refractivity contribution < 1.29 is 19.5 Å². The van der Waals surface area contributed by atoms with E-state index in [0.29, 0.717) is 25.3 Å². The summed E-state index contributed by atoms with van der Waals surface area (Å²) in [4.78, 5) is 10.2. The lowest BCUT2D eigenvalue weighted by molar-refractivity contribution is -0.386. The Morgan fingerprint density at radius 3 is 2.84 bits per heavy atom. The zero-order chi connectivity index (χ0) is 13.1. The molecule has 106 valence electrons. The molecule has 8 heteroatoms. The second kappa shape index (κ2) is 6.55. The SMILES string of the molecule is COc1cc([C@H]2COCCN2)cc([N+](=O)[O-])c1O.Cl. The van der Waals surface area contributed by atoms with Crippen LogP contribution in [-0.2, 0) is 4.74 Å². The van der Waals surface area contributed by atoms with Crippen LogP contribution in [0, 0.1) is 10.1 Å². The molecule has 1 aromatic carbocycles. The third-order valence-corrected chi connectivity index (χ3v) is 2.82. The smallest absolute Gasteiger partial charge is 0.314 e. The molecule has 1 aliphatic heterocycles. The zero-order valence-electron chi connectivity index (χ0n) is 10.3. The third-order valence-electron chi connectivity index (χ3n) is 2.82. The van der Waals surface area contributed by atoms with Crippen LogP contribution in [0.25, 0.3) is 0 Å². The molecule has 2 rings (SSSR count). The van der Waals surface area contributed by atoms with Crippen molar-refractivity contribution in [2.75, 3.05) is 26.9 Å². The monoisotopic (exact) mass is 290 g/mol. The van der Waals surface area contributed by atoms with Crippen molar-refractivity contribution in [3.63, 3.8) is 0 Å². The number of nitrogens with one attached hydrogen (secondary N) is 1. The van der Waals surface area contributed by atoms with Crippen molar-refractivity contribution in [1.82, 2.24) is 5.32 Å². The molecule has 1 aliphatic rings. The van der Waals surface area contributed by atoms with Gasteiger partial charge < -0.3 is 19.9 Å². The first kappa shape index (κ1) is 15.5. The van der Waals surface area contributed by atoms with E-state index in [1.807, 2.05) is 0 Å². The van der Waals surface area contributed by atoms with E-state index < -0.39 is 10.7 Å². The lowest BCUT2D eigenvalue weighted by atomic mass is 10.0. The maximum Gasteiger partial charge on any atom is 0.314 e. The van der Waals surface area contributed by atoms with Gasteiger partial charge in [0.15, 0.2) is 5.75 Å². The molecule has 0 aromatic heterocycles. The van der Waals surface area contributed by atoms with Gasteiger partial charge >= 0.3 is 5.69 Å². The van der Waals surface area contributed by atoms with E-state index in [2.05, 4.69) is 5.32 Å². The molecule has 0 bridgehead atoms. The maximum absolute atomic E-state index is 10.9. The summed E-state index contributed by atoms with van der Waals surface area (Å²) in [7, 11) is 1.35. The predicted octanol–water partition coefficient (Wildman–Crippen LogP) is 1.39. The molecule has 0 unspecified atom stereocenters. The maximum atomic E-state index is 10.9. The highest BCUT2D eigenvalue weighted by Gasteiger charge is 2.24. The Hall–Kier alpha value is -1.57. The van der Waals surface area contributed by atoms with Gasteiger partial charge in [-0.3, -0.25) is 10.1 Å². The fourth-order valence-electron chi connectivity index (χ4n) is 1.89. The molecule has 0 radical (unpaired) electrons. The van der Waals surface area contributed by atoms with Crippen LogP contribution in [0.3, 0.4) is 0 Å². The Kier molecular flexibility index (Phi) is 5.34. The molecule has 1 atom stereocenters. The molecule has 2 N–H and O–H groups in total. The molecular weight excluding hydrogens is 276 g/mol. The van der Waals surface area contributed by atoms with Crippen molar-refractivity contribution in [1.29, 1.82) is 0 Å². The van der Waals surface area contributed by atoms with E-state index in [-0.39, 0.29) is 29.9 Å². The lowest BCUT2D eigenvalue weighted by Gasteiger charge is -2.24. The van der Waals surface area contributed by atoms with Gasteiger partial charge in [0.25, 0.3) is 0 Å². The average molecular weight is 291 g/mol.